The average Bonchev–Trinajstić information content (AvgIpc) is 2.43. The fourth-order valence-corrected chi connectivity index (χ4v) is 3.15. The molecule has 0 saturated carbocycles. The predicted molar refractivity (Wildman–Crippen MR) is 70.8 cm³/mol. The number of hydrogen-bond acceptors (Lipinski definition) is 5. The molecule has 5 nitrogen and oxygen atoms in total. The largest absolute Gasteiger partial charge is 0.361 e. The first-order valence-corrected chi connectivity index (χ1v) is 7.70. The Morgan fingerprint density at radius 2 is 2.00 bits per heavy atom. The van der Waals surface area contributed by atoms with Crippen molar-refractivity contribution in [3.8, 4) is 0 Å². The van der Waals surface area contributed by atoms with Gasteiger partial charge in [-0.3, -0.25) is 0 Å². The Balaban J connectivity index is 2.69. The molecule has 98 valence electrons. The number of rotatable bonds is 4. The van der Waals surface area contributed by atoms with Gasteiger partial charge in [0.15, 0.2) is 9.34 Å². The zero-order chi connectivity index (χ0) is 13.3. The van der Waals surface area contributed by atoms with E-state index in [4.69, 9.17) is 5.14 Å². The molecule has 0 bridgehead atoms. The molecule has 1 heterocycles. The molecule has 0 spiro atoms. The number of hydrogen-bond donors (Lipinski definition) is 2. The molecule has 0 aromatic carbocycles. The Hall–Kier alpha value is -0.660. The standard InChI is InChI=1S/C10H19N3O2S2/c1-7-8(17(11,14)15)16-9(13-7)12-6-5-10(2,3)4/h5-6H2,1-4H3,(H,12,13)(H2,11,14,15). The van der Waals surface area contributed by atoms with Crippen LogP contribution in [0.2, 0.25) is 0 Å². The normalized spacial score (nSPS) is 12.8. The van der Waals surface area contributed by atoms with Gasteiger partial charge in [0.1, 0.15) is 0 Å². The molecule has 0 aliphatic rings. The van der Waals surface area contributed by atoms with Crippen LogP contribution in [0.4, 0.5) is 5.13 Å². The van der Waals surface area contributed by atoms with Crippen molar-refractivity contribution in [2.24, 2.45) is 10.6 Å². The van der Waals surface area contributed by atoms with Gasteiger partial charge in [-0.2, -0.15) is 0 Å². The average molecular weight is 277 g/mol. The third kappa shape index (κ3) is 4.61. The van der Waals surface area contributed by atoms with Gasteiger partial charge in [-0.1, -0.05) is 32.1 Å². The minimum Gasteiger partial charge on any atom is -0.361 e. The van der Waals surface area contributed by atoms with Crippen LogP contribution in [0.5, 0.6) is 0 Å². The predicted octanol–water partition coefficient (Wildman–Crippen LogP) is 1.95. The highest BCUT2D eigenvalue weighted by molar-refractivity contribution is 7.91. The Labute approximate surface area is 106 Å². The van der Waals surface area contributed by atoms with E-state index in [-0.39, 0.29) is 9.62 Å². The first kappa shape index (κ1) is 14.4. The maximum atomic E-state index is 11.2. The molecule has 1 aromatic heterocycles. The summed E-state index contributed by atoms with van der Waals surface area (Å²) >= 11 is 1.08. The third-order valence-corrected chi connectivity index (χ3v) is 4.83. The van der Waals surface area contributed by atoms with E-state index in [1.54, 1.807) is 6.92 Å². The van der Waals surface area contributed by atoms with Crippen molar-refractivity contribution in [2.75, 3.05) is 11.9 Å². The van der Waals surface area contributed by atoms with Crippen LogP contribution < -0.4 is 10.5 Å². The number of aryl methyl sites for hydroxylation is 1. The monoisotopic (exact) mass is 277 g/mol. The highest BCUT2D eigenvalue weighted by Gasteiger charge is 2.17. The van der Waals surface area contributed by atoms with Crippen molar-refractivity contribution in [3.63, 3.8) is 0 Å². The van der Waals surface area contributed by atoms with Crippen molar-refractivity contribution in [1.29, 1.82) is 0 Å². The van der Waals surface area contributed by atoms with Gasteiger partial charge in [0.25, 0.3) is 0 Å². The summed E-state index contributed by atoms with van der Waals surface area (Å²) in [6.45, 7) is 8.86. The summed E-state index contributed by atoms with van der Waals surface area (Å²) in [5.74, 6) is 0. The molecule has 7 heteroatoms. The van der Waals surface area contributed by atoms with Crippen LogP contribution in [-0.4, -0.2) is 19.9 Å². The molecule has 0 saturated heterocycles. The van der Waals surface area contributed by atoms with E-state index in [1.807, 2.05) is 0 Å². The molecule has 0 amide bonds. The number of sulfonamides is 1. The van der Waals surface area contributed by atoms with Gasteiger partial charge in [-0.25, -0.2) is 18.5 Å². The first-order valence-electron chi connectivity index (χ1n) is 5.34. The number of anilines is 1. The summed E-state index contributed by atoms with van der Waals surface area (Å²) in [7, 11) is -3.65. The lowest BCUT2D eigenvalue weighted by molar-refractivity contribution is 0.390. The molecule has 0 radical (unpaired) electrons. The quantitative estimate of drug-likeness (QED) is 0.881. The maximum absolute atomic E-state index is 11.2. The Bertz CT molecular complexity index is 486. The van der Waals surface area contributed by atoms with Crippen LogP contribution in [0.25, 0.3) is 0 Å². The van der Waals surface area contributed by atoms with E-state index in [1.165, 1.54) is 0 Å². The van der Waals surface area contributed by atoms with Crippen LogP contribution in [-0.2, 0) is 10.0 Å². The van der Waals surface area contributed by atoms with Crippen molar-refractivity contribution in [1.82, 2.24) is 4.98 Å². The first-order chi connectivity index (χ1) is 7.59. The topological polar surface area (TPSA) is 85.1 Å². The lowest BCUT2D eigenvalue weighted by Gasteiger charge is -2.17. The molecule has 17 heavy (non-hydrogen) atoms. The van der Waals surface area contributed by atoms with Crippen molar-refractivity contribution in [2.45, 2.75) is 38.3 Å². The summed E-state index contributed by atoms with van der Waals surface area (Å²) in [6.07, 6.45) is 0.982. The summed E-state index contributed by atoms with van der Waals surface area (Å²) in [5.41, 5.74) is 0.693. The summed E-state index contributed by atoms with van der Waals surface area (Å²) in [4.78, 5) is 4.14. The highest BCUT2D eigenvalue weighted by Crippen LogP contribution is 2.26. The van der Waals surface area contributed by atoms with Crippen molar-refractivity contribution in [3.05, 3.63) is 5.69 Å². The molecule has 0 atom stereocenters. The number of nitrogens with one attached hydrogen (secondary N) is 1. The molecule has 0 fully saturated rings. The second-order valence-electron chi connectivity index (χ2n) is 5.17. The number of nitrogens with zero attached hydrogens (tertiary/aromatic N) is 1. The fourth-order valence-electron chi connectivity index (χ4n) is 1.27. The number of nitrogens with two attached hydrogens (primary N) is 1. The maximum Gasteiger partial charge on any atom is 0.249 e. The van der Waals surface area contributed by atoms with E-state index in [2.05, 4.69) is 31.1 Å². The molecule has 0 unspecified atom stereocenters. The molecular weight excluding hydrogens is 258 g/mol. The van der Waals surface area contributed by atoms with Crippen LogP contribution in [0.15, 0.2) is 4.21 Å². The molecule has 3 N–H and O–H groups in total. The smallest absolute Gasteiger partial charge is 0.249 e. The molecule has 0 aliphatic carbocycles. The Kier molecular flexibility index (Phi) is 4.16. The third-order valence-electron chi connectivity index (χ3n) is 2.16. The second kappa shape index (κ2) is 4.91. The van der Waals surface area contributed by atoms with Crippen molar-refractivity contribution >= 4 is 26.5 Å². The van der Waals surface area contributed by atoms with Crippen molar-refractivity contribution < 1.29 is 8.42 Å². The number of aromatic nitrogens is 1. The number of primary sulfonamides is 1. The van der Waals surface area contributed by atoms with Crippen LogP contribution >= 0.6 is 11.3 Å². The zero-order valence-corrected chi connectivity index (χ0v) is 12.2. The minimum absolute atomic E-state index is 0.135. The highest BCUT2D eigenvalue weighted by atomic mass is 32.2. The minimum atomic E-state index is -3.65. The second-order valence-corrected chi connectivity index (χ2v) is 7.93. The lowest BCUT2D eigenvalue weighted by atomic mass is 9.92. The summed E-state index contributed by atoms with van der Waals surface area (Å²) < 4.78 is 22.6. The van der Waals surface area contributed by atoms with E-state index < -0.39 is 10.0 Å². The van der Waals surface area contributed by atoms with E-state index in [9.17, 15) is 8.42 Å². The molecular formula is C10H19N3O2S2. The van der Waals surface area contributed by atoms with Gasteiger partial charge < -0.3 is 5.32 Å². The molecule has 0 aliphatic heterocycles. The van der Waals surface area contributed by atoms with Gasteiger partial charge in [0, 0.05) is 6.54 Å². The molecule has 1 rings (SSSR count). The Morgan fingerprint density at radius 3 is 2.41 bits per heavy atom. The summed E-state index contributed by atoms with van der Waals surface area (Å²) in [5, 5.41) is 8.81. The summed E-state index contributed by atoms with van der Waals surface area (Å²) in [6, 6.07) is 0. The van der Waals surface area contributed by atoms with Gasteiger partial charge in [-0.05, 0) is 18.8 Å². The van der Waals surface area contributed by atoms with E-state index >= 15 is 0 Å². The van der Waals surface area contributed by atoms with Gasteiger partial charge in [0.2, 0.25) is 10.0 Å². The number of thiazole rings is 1. The van der Waals surface area contributed by atoms with Gasteiger partial charge >= 0.3 is 0 Å². The Morgan fingerprint density at radius 1 is 1.41 bits per heavy atom. The lowest BCUT2D eigenvalue weighted by Crippen LogP contribution is -2.12. The van der Waals surface area contributed by atoms with Gasteiger partial charge in [0.05, 0.1) is 5.69 Å². The SMILES string of the molecule is Cc1nc(NCCC(C)(C)C)sc1S(N)(=O)=O. The molecule has 1 aromatic rings. The fraction of sp³-hybridized carbons (Fsp3) is 0.700. The van der Waals surface area contributed by atoms with Crippen LogP contribution in [0.1, 0.15) is 32.9 Å². The zero-order valence-electron chi connectivity index (χ0n) is 10.6. The van der Waals surface area contributed by atoms with E-state index in [0.717, 1.165) is 24.3 Å². The van der Waals surface area contributed by atoms with E-state index in [0.29, 0.717) is 10.8 Å². The van der Waals surface area contributed by atoms with Crippen LogP contribution in [0.3, 0.4) is 0 Å². The van der Waals surface area contributed by atoms with Gasteiger partial charge in [-0.15, -0.1) is 0 Å². The van der Waals surface area contributed by atoms with Crippen LogP contribution in [0, 0.1) is 12.3 Å².